The van der Waals surface area contributed by atoms with Crippen LogP contribution in [-0.4, -0.2) is 53.8 Å². The van der Waals surface area contributed by atoms with Crippen molar-refractivity contribution < 1.29 is 18.4 Å². The zero-order valence-corrected chi connectivity index (χ0v) is 12.5. The zero-order chi connectivity index (χ0) is 15.9. The van der Waals surface area contributed by atoms with Gasteiger partial charge in [0.25, 0.3) is 0 Å². The summed E-state index contributed by atoms with van der Waals surface area (Å²) in [5.41, 5.74) is 6.14. The molecule has 0 spiro atoms. The van der Waals surface area contributed by atoms with Crippen LogP contribution in [-0.2, 0) is 21.2 Å². The standard InChI is InChI=1S/C12H18N4O4S/c1-21(19,20)9-12(17)16(6-4-11(13)15-18)8-10-3-2-5-14-7-10/h2-3,5,7,18H,4,6,8-9H2,1H3,(H2,13,15). The maximum absolute atomic E-state index is 12.0. The summed E-state index contributed by atoms with van der Waals surface area (Å²) in [6.07, 6.45) is 4.33. The number of hydrogen-bond acceptors (Lipinski definition) is 6. The van der Waals surface area contributed by atoms with E-state index in [0.29, 0.717) is 0 Å². The van der Waals surface area contributed by atoms with Gasteiger partial charge in [-0.15, -0.1) is 0 Å². The Kier molecular flexibility index (Phi) is 6.10. The van der Waals surface area contributed by atoms with Crippen molar-refractivity contribution in [2.75, 3.05) is 18.6 Å². The van der Waals surface area contributed by atoms with E-state index >= 15 is 0 Å². The Bertz CT molecular complexity index is 601. The lowest BCUT2D eigenvalue weighted by molar-refractivity contribution is -0.128. The third-order valence-corrected chi connectivity index (χ3v) is 3.37. The molecule has 1 rings (SSSR count). The second kappa shape index (κ2) is 7.58. The molecule has 3 N–H and O–H groups in total. The third kappa shape index (κ3) is 6.70. The van der Waals surface area contributed by atoms with Crippen LogP contribution in [0.1, 0.15) is 12.0 Å². The first-order valence-corrected chi connectivity index (χ1v) is 8.18. The lowest BCUT2D eigenvalue weighted by Crippen LogP contribution is -2.37. The molecule has 0 saturated carbocycles. The van der Waals surface area contributed by atoms with E-state index in [9.17, 15) is 13.2 Å². The minimum atomic E-state index is -3.42. The predicted octanol–water partition coefficient (Wildman–Crippen LogP) is -0.409. The average Bonchev–Trinajstić information content (AvgIpc) is 2.42. The van der Waals surface area contributed by atoms with E-state index in [-0.39, 0.29) is 25.3 Å². The van der Waals surface area contributed by atoms with Gasteiger partial charge in [-0.1, -0.05) is 11.2 Å². The number of aromatic nitrogens is 1. The summed E-state index contributed by atoms with van der Waals surface area (Å²) in [6.45, 7) is 0.361. The van der Waals surface area contributed by atoms with Gasteiger partial charge in [-0.2, -0.15) is 0 Å². The van der Waals surface area contributed by atoms with Gasteiger partial charge in [-0.3, -0.25) is 9.78 Å². The van der Waals surface area contributed by atoms with Crippen molar-refractivity contribution >= 4 is 21.6 Å². The highest BCUT2D eigenvalue weighted by molar-refractivity contribution is 7.91. The smallest absolute Gasteiger partial charge is 0.238 e. The Morgan fingerprint density at radius 2 is 2.24 bits per heavy atom. The molecule has 1 aromatic heterocycles. The molecule has 1 aromatic rings. The Morgan fingerprint density at radius 3 is 2.76 bits per heavy atom. The summed E-state index contributed by atoms with van der Waals surface area (Å²) in [6, 6.07) is 3.50. The highest BCUT2D eigenvalue weighted by Crippen LogP contribution is 2.05. The monoisotopic (exact) mass is 314 g/mol. The van der Waals surface area contributed by atoms with Crippen LogP contribution >= 0.6 is 0 Å². The lowest BCUT2D eigenvalue weighted by atomic mass is 10.2. The summed E-state index contributed by atoms with van der Waals surface area (Å²) in [4.78, 5) is 17.3. The van der Waals surface area contributed by atoms with Crippen LogP contribution in [0.3, 0.4) is 0 Å². The van der Waals surface area contributed by atoms with Gasteiger partial charge in [0.15, 0.2) is 9.84 Å². The molecule has 1 amide bonds. The first-order chi connectivity index (χ1) is 9.81. The van der Waals surface area contributed by atoms with Crippen molar-refractivity contribution in [2.24, 2.45) is 10.9 Å². The van der Waals surface area contributed by atoms with Gasteiger partial charge in [0, 0.05) is 38.2 Å². The molecule has 0 bridgehead atoms. The minimum Gasteiger partial charge on any atom is -0.409 e. The predicted molar refractivity (Wildman–Crippen MR) is 77.4 cm³/mol. The highest BCUT2D eigenvalue weighted by Gasteiger charge is 2.19. The van der Waals surface area contributed by atoms with E-state index in [4.69, 9.17) is 10.9 Å². The van der Waals surface area contributed by atoms with Gasteiger partial charge in [0.05, 0.1) is 0 Å². The van der Waals surface area contributed by atoms with Crippen molar-refractivity contribution in [1.29, 1.82) is 0 Å². The maximum atomic E-state index is 12.0. The molecule has 9 heteroatoms. The van der Waals surface area contributed by atoms with Crippen LogP contribution in [0, 0.1) is 0 Å². The van der Waals surface area contributed by atoms with E-state index in [1.165, 1.54) is 4.90 Å². The lowest BCUT2D eigenvalue weighted by Gasteiger charge is -2.22. The third-order valence-electron chi connectivity index (χ3n) is 2.60. The van der Waals surface area contributed by atoms with Crippen molar-refractivity contribution in [3.05, 3.63) is 30.1 Å². The molecular formula is C12H18N4O4S. The number of rotatable bonds is 7. The van der Waals surface area contributed by atoms with Crippen molar-refractivity contribution in [3.8, 4) is 0 Å². The minimum absolute atomic E-state index is 0.0293. The van der Waals surface area contributed by atoms with Gasteiger partial charge in [0.2, 0.25) is 5.91 Å². The number of pyridine rings is 1. The summed E-state index contributed by atoms with van der Waals surface area (Å²) < 4.78 is 22.5. The second-order valence-corrected chi connectivity index (χ2v) is 6.73. The Labute approximate surface area is 123 Å². The fourth-order valence-electron chi connectivity index (χ4n) is 1.62. The summed E-state index contributed by atoms with van der Waals surface area (Å²) in [7, 11) is -3.42. The summed E-state index contributed by atoms with van der Waals surface area (Å²) >= 11 is 0. The first kappa shape index (κ1) is 16.9. The van der Waals surface area contributed by atoms with E-state index < -0.39 is 21.5 Å². The van der Waals surface area contributed by atoms with Crippen molar-refractivity contribution in [2.45, 2.75) is 13.0 Å². The van der Waals surface area contributed by atoms with Gasteiger partial charge >= 0.3 is 0 Å². The quantitative estimate of drug-likeness (QED) is 0.305. The topological polar surface area (TPSA) is 126 Å². The molecule has 0 radical (unpaired) electrons. The van der Waals surface area contributed by atoms with Crippen LogP contribution in [0.2, 0.25) is 0 Å². The summed E-state index contributed by atoms with van der Waals surface area (Å²) in [5, 5.41) is 11.3. The molecule has 0 atom stereocenters. The van der Waals surface area contributed by atoms with Gasteiger partial charge in [-0.05, 0) is 11.6 Å². The normalized spacial score (nSPS) is 12.1. The Hall–Kier alpha value is -2.16. The number of carbonyl (C=O) groups is 1. The number of oxime groups is 1. The molecule has 8 nitrogen and oxygen atoms in total. The maximum Gasteiger partial charge on any atom is 0.238 e. The number of hydrogen-bond donors (Lipinski definition) is 2. The number of carbonyl (C=O) groups excluding carboxylic acids is 1. The SMILES string of the molecule is CS(=O)(=O)CC(=O)N(CCC(N)=NO)Cc1cccnc1. The second-order valence-electron chi connectivity index (χ2n) is 4.59. The summed E-state index contributed by atoms with van der Waals surface area (Å²) in [5.74, 6) is -1.14. The van der Waals surface area contributed by atoms with Gasteiger partial charge < -0.3 is 15.8 Å². The van der Waals surface area contributed by atoms with Crippen LogP contribution in [0.25, 0.3) is 0 Å². The molecule has 21 heavy (non-hydrogen) atoms. The number of amides is 1. The number of sulfone groups is 1. The van der Waals surface area contributed by atoms with Crippen LogP contribution < -0.4 is 5.73 Å². The van der Waals surface area contributed by atoms with Gasteiger partial charge in [-0.25, -0.2) is 8.42 Å². The number of nitrogens with two attached hydrogens (primary N) is 1. The first-order valence-electron chi connectivity index (χ1n) is 6.12. The molecule has 0 saturated heterocycles. The molecule has 0 aliphatic carbocycles. The van der Waals surface area contributed by atoms with Crippen LogP contribution in [0.5, 0.6) is 0 Å². The van der Waals surface area contributed by atoms with E-state index in [1.54, 1.807) is 24.5 Å². The fraction of sp³-hybridized carbons (Fsp3) is 0.417. The highest BCUT2D eigenvalue weighted by atomic mass is 32.2. The van der Waals surface area contributed by atoms with E-state index in [1.807, 2.05) is 0 Å². The average molecular weight is 314 g/mol. The van der Waals surface area contributed by atoms with Crippen molar-refractivity contribution in [1.82, 2.24) is 9.88 Å². The molecule has 0 aromatic carbocycles. The molecule has 0 fully saturated rings. The Morgan fingerprint density at radius 1 is 1.52 bits per heavy atom. The molecule has 0 unspecified atom stereocenters. The number of amidine groups is 1. The number of nitrogens with zero attached hydrogens (tertiary/aromatic N) is 3. The Balaban J connectivity index is 2.81. The molecule has 1 heterocycles. The molecular weight excluding hydrogens is 296 g/mol. The largest absolute Gasteiger partial charge is 0.409 e. The van der Waals surface area contributed by atoms with E-state index in [0.717, 1.165) is 11.8 Å². The fourth-order valence-corrected chi connectivity index (χ4v) is 2.25. The van der Waals surface area contributed by atoms with E-state index in [2.05, 4.69) is 10.1 Å². The molecule has 116 valence electrons. The van der Waals surface area contributed by atoms with Crippen LogP contribution in [0.15, 0.2) is 29.7 Å². The zero-order valence-electron chi connectivity index (χ0n) is 11.6. The van der Waals surface area contributed by atoms with Crippen molar-refractivity contribution in [3.63, 3.8) is 0 Å². The van der Waals surface area contributed by atoms with Gasteiger partial charge in [0.1, 0.15) is 11.6 Å². The molecule has 0 aliphatic rings. The molecule has 0 aliphatic heterocycles. The van der Waals surface area contributed by atoms with Crippen LogP contribution in [0.4, 0.5) is 0 Å².